The topological polar surface area (TPSA) is 75.6 Å². The lowest BCUT2D eigenvalue weighted by Gasteiger charge is -2.25. The number of aryl methyl sites for hydroxylation is 1. The van der Waals surface area contributed by atoms with Crippen molar-refractivity contribution in [3.05, 3.63) is 35.9 Å². The first-order chi connectivity index (χ1) is 11.4. The van der Waals surface area contributed by atoms with Crippen LogP contribution in [0.4, 0.5) is 0 Å². The minimum atomic E-state index is -0.670. The molecule has 7 nitrogen and oxygen atoms in total. The van der Waals surface area contributed by atoms with Crippen molar-refractivity contribution in [2.75, 3.05) is 20.6 Å². The Hall–Kier alpha value is -2.28. The summed E-state index contributed by atoms with van der Waals surface area (Å²) in [5, 5.41) is 0. The van der Waals surface area contributed by atoms with Crippen LogP contribution in [0, 0.1) is 18.8 Å². The normalized spacial score (nSPS) is 33.2. The molecule has 2 saturated heterocycles. The summed E-state index contributed by atoms with van der Waals surface area (Å²) in [6.45, 7) is 2.71. The van der Waals surface area contributed by atoms with Crippen molar-refractivity contribution in [3.63, 3.8) is 0 Å². The fourth-order valence-electron chi connectivity index (χ4n) is 3.99. The van der Waals surface area contributed by atoms with E-state index in [0.29, 0.717) is 13.1 Å². The number of hydrogen-bond donors (Lipinski definition) is 0. The van der Waals surface area contributed by atoms with Crippen molar-refractivity contribution >= 4 is 11.8 Å². The third-order valence-corrected chi connectivity index (χ3v) is 5.09. The molecule has 0 N–H and O–H groups in total. The Labute approximate surface area is 140 Å². The van der Waals surface area contributed by atoms with Gasteiger partial charge >= 0.3 is 0 Å². The number of rotatable bonds is 3. The molecule has 2 fully saturated rings. The third-order valence-electron chi connectivity index (χ3n) is 5.09. The lowest BCUT2D eigenvalue weighted by atomic mass is 9.76. The summed E-state index contributed by atoms with van der Waals surface area (Å²) in [6, 6.07) is 0. The molecule has 3 aliphatic heterocycles. The summed E-state index contributed by atoms with van der Waals surface area (Å²) in [4.78, 5) is 37.3. The standard InChI is InChI=1S/C17H20N4O3/c1-10-6-19-11(7-18-10)8-21-9-17-5-4-12(24-17)13(14(17)16(21)23)15(22)20(2)3/h4-7,12-14H,8-9H2,1-3H3/t12-,13-,14+,17-/m0/s1. The van der Waals surface area contributed by atoms with Gasteiger partial charge in [0, 0.05) is 20.3 Å². The molecule has 0 unspecified atom stereocenters. The first-order valence-electron chi connectivity index (χ1n) is 8.06. The van der Waals surface area contributed by atoms with Crippen LogP contribution in [0.3, 0.4) is 0 Å². The molecule has 3 aliphatic rings. The molecule has 4 rings (SSSR count). The van der Waals surface area contributed by atoms with Crippen molar-refractivity contribution in [2.45, 2.75) is 25.2 Å². The van der Waals surface area contributed by atoms with Crippen molar-refractivity contribution in [2.24, 2.45) is 11.8 Å². The number of likely N-dealkylation sites (tertiary alicyclic amines) is 1. The van der Waals surface area contributed by atoms with Gasteiger partial charge in [-0.05, 0) is 6.92 Å². The molecule has 0 aliphatic carbocycles. The summed E-state index contributed by atoms with van der Waals surface area (Å²) < 4.78 is 6.07. The van der Waals surface area contributed by atoms with Gasteiger partial charge in [-0.15, -0.1) is 0 Å². The minimum Gasteiger partial charge on any atom is -0.360 e. The van der Waals surface area contributed by atoms with E-state index in [1.807, 2.05) is 19.1 Å². The number of carbonyl (C=O) groups is 2. The van der Waals surface area contributed by atoms with Gasteiger partial charge in [-0.25, -0.2) is 0 Å². The summed E-state index contributed by atoms with van der Waals surface area (Å²) in [5.41, 5.74) is 0.902. The molecule has 1 aromatic rings. The van der Waals surface area contributed by atoms with Crippen LogP contribution in [0.25, 0.3) is 0 Å². The highest BCUT2D eigenvalue weighted by atomic mass is 16.5. The number of fused-ring (bicyclic) bond motifs is 1. The van der Waals surface area contributed by atoms with Gasteiger partial charge < -0.3 is 14.5 Å². The van der Waals surface area contributed by atoms with E-state index in [1.165, 1.54) is 4.90 Å². The highest BCUT2D eigenvalue weighted by Gasteiger charge is 2.66. The van der Waals surface area contributed by atoms with Gasteiger partial charge in [0.25, 0.3) is 0 Å². The van der Waals surface area contributed by atoms with Crippen LogP contribution in [0.2, 0.25) is 0 Å². The maximum atomic E-state index is 13.0. The second-order valence-corrected chi connectivity index (χ2v) is 6.98. The summed E-state index contributed by atoms with van der Waals surface area (Å²) >= 11 is 0. The molecule has 4 atom stereocenters. The Morgan fingerprint density at radius 2 is 2.21 bits per heavy atom. The van der Waals surface area contributed by atoms with Crippen LogP contribution in [0.15, 0.2) is 24.5 Å². The van der Waals surface area contributed by atoms with Crippen molar-refractivity contribution in [3.8, 4) is 0 Å². The van der Waals surface area contributed by atoms with E-state index >= 15 is 0 Å². The smallest absolute Gasteiger partial charge is 0.230 e. The summed E-state index contributed by atoms with van der Waals surface area (Å²) in [6.07, 6.45) is 6.96. The van der Waals surface area contributed by atoms with Crippen LogP contribution in [-0.2, 0) is 20.9 Å². The molecule has 2 amide bonds. The Kier molecular flexibility index (Phi) is 3.25. The molecule has 1 spiro atoms. The Bertz CT molecular complexity index is 730. The molecule has 0 aromatic carbocycles. The fourth-order valence-corrected chi connectivity index (χ4v) is 3.99. The van der Waals surface area contributed by atoms with Gasteiger partial charge in [0.2, 0.25) is 11.8 Å². The van der Waals surface area contributed by atoms with E-state index in [0.717, 1.165) is 11.4 Å². The molecule has 126 valence electrons. The predicted octanol–water partition coefficient (Wildman–Crippen LogP) is 0.155. The first kappa shape index (κ1) is 15.3. The molecule has 2 bridgehead atoms. The number of ether oxygens (including phenoxy) is 1. The molecule has 0 saturated carbocycles. The van der Waals surface area contributed by atoms with Crippen molar-refractivity contribution in [1.82, 2.24) is 19.8 Å². The average molecular weight is 328 g/mol. The van der Waals surface area contributed by atoms with Crippen molar-refractivity contribution in [1.29, 1.82) is 0 Å². The van der Waals surface area contributed by atoms with Gasteiger partial charge in [0.05, 0.1) is 48.6 Å². The average Bonchev–Trinajstić information content (AvgIpc) is 3.17. The van der Waals surface area contributed by atoms with Crippen LogP contribution in [-0.4, -0.2) is 63.9 Å². The van der Waals surface area contributed by atoms with Crippen LogP contribution in [0.1, 0.15) is 11.4 Å². The first-order valence-corrected chi connectivity index (χ1v) is 8.06. The highest BCUT2D eigenvalue weighted by Crippen LogP contribution is 2.52. The molecule has 4 heterocycles. The maximum Gasteiger partial charge on any atom is 0.230 e. The zero-order chi connectivity index (χ0) is 17.1. The third kappa shape index (κ3) is 2.07. The molecule has 1 aromatic heterocycles. The zero-order valence-electron chi connectivity index (χ0n) is 14.0. The summed E-state index contributed by atoms with van der Waals surface area (Å²) in [7, 11) is 3.42. The molecule has 24 heavy (non-hydrogen) atoms. The molecule has 0 radical (unpaired) electrons. The fraction of sp³-hybridized carbons (Fsp3) is 0.529. The van der Waals surface area contributed by atoms with Crippen LogP contribution >= 0.6 is 0 Å². The SMILES string of the molecule is Cc1cnc(CN2C[C@]34C=C[C@H](O3)[C@H](C(=O)N(C)C)[C@@H]4C2=O)cn1. The van der Waals surface area contributed by atoms with E-state index in [9.17, 15) is 9.59 Å². The molecular weight excluding hydrogens is 308 g/mol. The highest BCUT2D eigenvalue weighted by molar-refractivity contribution is 5.92. The number of aromatic nitrogens is 2. The molecular formula is C17H20N4O3. The van der Waals surface area contributed by atoms with Crippen molar-refractivity contribution < 1.29 is 14.3 Å². The quantitative estimate of drug-likeness (QED) is 0.739. The maximum absolute atomic E-state index is 13.0. The van der Waals surface area contributed by atoms with Gasteiger partial charge in [-0.2, -0.15) is 0 Å². The zero-order valence-corrected chi connectivity index (χ0v) is 14.0. The number of hydrogen-bond acceptors (Lipinski definition) is 5. The Morgan fingerprint density at radius 1 is 1.42 bits per heavy atom. The van der Waals surface area contributed by atoms with E-state index in [-0.39, 0.29) is 17.9 Å². The lowest BCUT2D eigenvalue weighted by Crippen LogP contribution is -2.43. The largest absolute Gasteiger partial charge is 0.360 e. The summed E-state index contributed by atoms with van der Waals surface area (Å²) in [5.74, 6) is -0.974. The van der Waals surface area contributed by atoms with Gasteiger partial charge in [-0.3, -0.25) is 19.6 Å². The van der Waals surface area contributed by atoms with Gasteiger partial charge in [0.1, 0.15) is 5.60 Å². The minimum absolute atomic E-state index is 0.0376. The molecule has 7 heteroatoms. The lowest BCUT2D eigenvalue weighted by molar-refractivity contribution is -0.141. The van der Waals surface area contributed by atoms with Gasteiger partial charge in [0.15, 0.2) is 0 Å². The Balaban J connectivity index is 1.60. The predicted molar refractivity (Wildman–Crippen MR) is 84.6 cm³/mol. The van der Waals surface area contributed by atoms with E-state index in [1.54, 1.807) is 31.4 Å². The number of carbonyl (C=O) groups excluding carboxylic acids is 2. The van der Waals surface area contributed by atoms with E-state index in [4.69, 9.17) is 4.74 Å². The second-order valence-electron chi connectivity index (χ2n) is 6.98. The van der Waals surface area contributed by atoms with E-state index < -0.39 is 17.4 Å². The van der Waals surface area contributed by atoms with E-state index in [2.05, 4.69) is 9.97 Å². The number of nitrogens with zero attached hydrogens (tertiary/aromatic N) is 4. The number of amides is 2. The Morgan fingerprint density at radius 3 is 2.88 bits per heavy atom. The van der Waals surface area contributed by atoms with Crippen LogP contribution in [0.5, 0.6) is 0 Å². The van der Waals surface area contributed by atoms with Gasteiger partial charge in [-0.1, -0.05) is 12.2 Å². The monoisotopic (exact) mass is 328 g/mol. The van der Waals surface area contributed by atoms with Crippen LogP contribution < -0.4 is 0 Å². The second kappa shape index (κ2) is 5.11.